The van der Waals surface area contributed by atoms with Gasteiger partial charge < -0.3 is 10.2 Å². The van der Waals surface area contributed by atoms with Gasteiger partial charge in [0.05, 0.1) is 0 Å². The van der Waals surface area contributed by atoms with Gasteiger partial charge in [0.1, 0.15) is 6.04 Å². The molecule has 30 heavy (non-hydrogen) atoms. The first-order valence-electron chi connectivity index (χ1n) is 10.0. The van der Waals surface area contributed by atoms with Gasteiger partial charge in [0.15, 0.2) is 6.19 Å². The molecule has 1 heterocycles. The van der Waals surface area contributed by atoms with E-state index in [2.05, 4.69) is 5.32 Å². The van der Waals surface area contributed by atoms with Crippen LogP contribution in [-0.4, -0.2) is 54.1 Å². The van der Waals surface area contributed by atoms with Crippen molar-refractivity contribution in [2.24, 2.45) is 5.41 Å². The minimum atomic E-state index is -3.27. The monoisotopic (exact) mass is 420 g/mol. The molecule has 2 aliphatic rings. The van der Waals surface area contributed by atoms with Crippen molar-refractivity contribution in [2.45, 2.75) is 50.5 Å². The van der Waals surface area contributed by atoms with Crippen LogP contribution in [0, 0.1) is 16.9 Å². The standard InChI is InChI=1S/C21H26F2N4O3/c1-26(15-24)18(28)17(13-21(22,23)12-16-6-3-2-4-7-16)25-19(29)30-27-11-5-8-20(14-27)9-10-20/h2-4,6-7,17H,5,8-14H2,1H3,(H,25,29)/t17-/m0/s1. The summed E-state index contributed by atoms with van der Waals surface area (Å²) in [5.74, 6) is -4.19. The van der Waals surface area contributed by atoms with E-state index in [0.29, 0.717) is 23.6 Å². The second-order valence-corrected chi connectivity index (χ2v) is 8.26. The molecular formula is C21H26F2N4O3. The Balaban J connectivity index is 1.63. The summed E-state index contributed by atoms with van der Waals surface area (Å²) in [6.45, 7) is 1.18. The van der Waals surface area contributed by atoms with E-state index in [1.165, 1.54) is 12.1 Å². The molecule has 1 aliphatic carbocycles. The van der Waals surface area contributed by atoms with Gasteiger partial charge in [0.2, 0.25) is 0 Å². The average molecular weight is 420 g/mol. The van der Waals surface area contributed by atoms with Gasteiger partial charge >= 0.3 is 6.09 Å². The maximum Gasteiger partial charge on any atom is 0.426 e. The van der Waals surface area contributed by atoms with Crippen LogP contribution < -0.4 is 5.32 Å². The number of nitrogens with one attached hydrogen (secondary N) is 1. The molecule has 7 nitrogen and oxygen atoms in total. The largest absolute Gasteiger partial charge is 0.426 e. The number of carbonyl (C=O) groups is 2. The van der Waals surface area contributed by atoms with E-state index >= 15 is 0 Å². The Hall–Kier alpha value is -2.73. The van der Waals surface area contributed by atoms with Crippen molar-refractivity contribution in [3.63, 3.8) is 0 Å². The van der Waals surface area contributed by atoms with Gasteiger partial charge in [0.25, 0.3) is 11.8 Å². The fourth-order valence-electron chi connectivity index (χ4n) is 3.86. The number of likely N-dealkylation sites (N-methyl/N-ethyl adjacent to an activating group) is 1. The molecule has 0 radical (unpaired) electrons. The van der Waals surface area contributed by atoms with Gasteiger partial charge in [0, 0.05) is 33.0 Å². The van der Waals surface area contributed by atoms with Gasteiger partial charge in [-0.15, -0.1) is 5.06 Å². The van der Waals surface area contributed by atoms with Crippen molar-refractivity contribution in [1.82, 2.24) is 15.3 Å². The third kappa shape index (κ3) is 5.89. The van der Waals surface area contributed by atoms with Crippen LogP contribution in [0.3, 0.4) is 0 Å². The van der Waals surface area contributed by atoms with E-state index in [-0.39, 0.29) is 5.41 Å². The second-order valence-electron chi connectivity index (χ2n) is 8.26. The van der Waals surface area contributed by atoms with Gasteiger partial charge in [-0.2, -0.15) is 5.26 Å². The van der Waals surface area contributed by atoms with E-state index in [4.69, 9.17) is 10.1 Å². The van der Waals surface area contributed by atoms with Gasteiger partial charge in [-0.05, 0) is 36.7 Å². The molecule has 0 bridgehead atoms. The van der Waals surface area contributed by atoms with Crippen LogP contribution in [0.4, 0.5) is 13.6 Å². The van der Waals surface area contributed by atoms with Crippen LogP contribution in [-0.2, 0) is 16.1 Å². The first-order chi connectivity index (χ1) is 14.2. The summed E-state index contributed by atoms with van der Waals surface area (Å²) in [5, 5.41) is 12.7. The van der Waals surface area contributed by atoms with Crippen LogP contribution >= 0.6 is 0 Å². The quantitative estimate of drug-likeness (QED) is 0.541. The number of hydroxylamine groups is 2. The topological polar surface area (TPSA) is 85.7 Å². The highest BCUT2D eigenvalue weighted by Gasteiger charge is 2.46. The summed E-state index contributed by atoms with van der Waals surface area (Å²) in [4.78, 5) is 30.7. The molecule has 0 aromatic heterocycles. The minimum absolute atomic E-state index is 0.206. The molecule has 1 aliphatic heterocycles. The predicted molar refractivity (Wildman–Crippen MR) is 104 cm³/mol. The zero-order valence-electron chi connectivity index (χ0n) is 16.9. The summed E-state index contributed by atoms with van der Waals surface area (Å²) >= 11 is 0. The van der Waals surface area contributed by atoms with E-state index in [0.717, 1.165) is 25.7 Å². The molecule has 1 N–H and O–H groups in total. The lowest BCUT2D eigenvalue weighted by atomic mass is 9.97. The normalized spacial score (nSPS) is 18.9. The lowest BCUT2D eigenvalue weighted by Gasteiger charge is -2.32. The fraction of sp³-hybridized carbons (Fsp3) is 0.571. The van der Waals surface area contributed by atoms with E-state index in [1.807, 2.05) is 0 Å². The first-order valence-corrected chi connectivity index (χ1v) is 10.0. The van der Waals surface area contributed by atoms with E-state index in [9.17, 15) is 18.4 Å². The summed E-state index contributed by atoms with van der Waals surface area (Å²) in [7, 11) is 1.17. The minimum Gasteiger partial charge on any atom is -0.351 e. The molecular weight excluding hydrogens is 394 g/mol. The number of rotatable bonds is 7. The van der Waals surface area contributed by atoms with Crippen molar-refractivity contribution in [3.05, 3.63) is 35.9 Å². The molecule has 1 saturated heterocycles. The molecule has 1 spiro atoms. The lowest BCUT2D eigenvalue weighted by molar-refractivity contribution is -0.137. The van der Waals surface area contributed by atoms with E-state index < -0.39 is 36.8 Å². The Labute approximate surface area is 174 Å². The first kappa shape index (κ1) is 22.0. The lowest BCUT2D eigenvalue weighted by Crippen LogP contribution is -2.51. The summed E-state index contributed by atoms with van der Waals surface area (Å²) in [6.07, 6.45) is 3.27. The van der Waals surface area contributed by atoms with Crippen LogP contribution in [0.25, 0.3) is 0 Å². The number of alkyl halides is 2. The van der Waals surface area contributed by atoms with E-state index in [1.54, 1.807) is 36.5 Å². The Morgan fingerprint density at radius 2 is 2.03 bits per heavy atom. The number of benzene rings is 1. The highest BCUT2D eigenvalue weighted by molar-refractivity contribution is 5.86. The molecule has 2 fully saturated rings. The number of piperidine rings is 1. The predicted octanol–water partition coefficient (Wildman–Crippen LogP) is 3.08. The maximum atomic E-state index is 14.7. The highest BCUT2D eigenvalue weighted by Crippen LogP contribution is 2.52. The SMILES string of the molecule is CN(C#N)C(=O)[C@H](CC(F)(F)Cc1ccccc1)NC(=O)ON1CCCC2(CC2)C1. The number of nitriles is 1. The molecule has 162 valence electrons. The Morgan fingerprint density at radius 3 is 2.67 bits per heavy atom. The molecule has 0 unspecified atom stereocenters. The van der Waals surface area contributed by atoms with Crippen LogP contribution in [0.15, 0.2) is 30.3 Å². The Morgan fingerprint density at radius 1 is 1.33 bits per heavy atom. The third-order valence-electron chi connectivity index (χ3n) is 5.67. The molecule has 1 atom stereocenters. The fourth-order valence-corrected chi connectivity index (χ4v) is 3.86. The zero-order valence-corrected chi connectivity index (χ0v) is 16.9. The number of nitrogens with zero attached hydrogens (tertiary/aromatic N) is 3. The summed E-state index contributed by atoms with van der Waals surface area (Å²) in [5.41, 5.74) is 0.616. The zero-order chi connectivity index (χ0) is 21.8. The Bertz CT molecular complexity index is 808. The molecule has 2 amide bonds. The van der Waals surface area contributed by atoms with Crippen LogP contribution in [0.1, 0.15) is 37.7 Å². The summed E-state index contributed by atoms with van der Waals surface area (Å²) < 4.78 is 29.3. The van der Waals surface area contributed by atoms with Crippen LogP contribution in [0.5, 0.6) is 0 Å². The molecule has 3 rings (SSSR count). The van der Waals surface area contributed by atoms with Gasteiger partial charge in [-0.1, -0.05) is 30.3 Å². The summed E-state index contributed by atoms with van der Waals surface area (Å²) in [6, 6.07) is 6.58. The van der Waals surface area contributed by atoms with Crippen LogP contribution in [0.2, 0.25) is 0 Å². The number of carbonyl (C=O) groups excluding carboxylic acids is 2. The number of amides is 2. The molecule has 1 saturated carbocycles. The molecule has 9 heteroatoms. The maximum absolute atomic E-state index is 14.7. The smallest absolute Gasteiger partial charge is 0.351 e. The van der Waals surface area contributed by atoms with Crippen molar-refractivity contribution >= 4 is 12.0 Å². The number of halogens is 2. The molecule has 1 aromatic rings. The number of hydrogen-bond acceptors (Lipinski definition) is 5. The average Bonchev–Trinajstić information content (AvgIpc) is 3.44. The van der Waals surface area contributed by atoms with Crippen molar-refractivity contribution in [1.29, 1.82) is 5.26 Å². The highest BCUT2D eigenvalue weighted by atomic mass is 19.3. The number of hydrogen-bond donors (Lipinski definition) is 1. The van der Waals surface area contributed by atoms with Gasteiger partial charge in [-0.3, -0.25) is 9.69 Å². The third-order valence-corrected chi connectivity index (χ3v) is 5.67. The molecule has 1 aromatic carbocycles. The Kier molecular flexibility index (Phi) is 6.56. The van der Waals surface area contributed by atoms with Crippen molar-refractivity contribution in [2.75, 3.05) is 20.1 Å². The van der Waals surface area contributed by atoms with Crippen molar-refractivity contribution in [3.8, 4) is 6.19 Å². The van der Waals surface area contributed by atoms with Gasteiger partial charge in [-0.25, -0.2) is 13.6 Å². The van der Waals surface area contributed by atoms with Crippen molar-refractivity contribution < 1.29 is 23.2 Å². The second kappa shape index (κ2) is 8.96.